The Kier molecular flexibility index (Phi) is 8.07. The van der Waals surface area contributed by atoms with E-state index < -0.39 is 17.6 Å². The number of amides is 1. The Morgan fingerprint density at radius 1 is 1.00 bits per heavy atom. The average molecular weight is 614 g/mol. The zero-order valence-electron chi connectivity index (χ0n) is 24.8. The molecule has 3 aromatic heterocycles. The number of nitrogens with one attached hydrogen (secondary N) is 2. The van der Waals surface area contributed by atoms with Gasteiger partial charge in [-0.15, -0.1) is 0 Å². The zero-order chi connectivity index (χ0) is 31.7. The van der Waals surface area contributed by atoms with E-state index in [0.29, 0.717) is 40.9 Å². The topological polar surface area (TPSA) is 109 Å². The van der Waals surface area contributed by atoms with Gasteiger partial charge in [-0.1, -0.05) is 11.2 Å². The first-order chi connectivity index (χ1) is 21.5. The summed E-state index contributed by atoms with van der Waals surface area (Å²) >= 11 is 0. The van der Waals surface area contributed by atoms with Gasteiger partial charge in [-0.3, -0.25) is 9.78 Å². The van der Waals surface area contributed by atoms with Crippen molar-refractivity contribution in [2.45, 2.75) is 32.4 Å². The van der Waals surface area contributed by atoms with Gasteiger partial charge in [0.05, 0.1) is 17.5 Å². The van der Waals surface area contributed by atoms with Gasteiger partial charge in [0.2, 0.25) is 5.95 Å². The molecule has 0 saturated carbocycles. The molecule has 1 aliphatic rings. The third-order valence-corrected chi connectivity index (χ3v) is 7.85. The second-order valence-electron chi connectivity index (χ2n) is 11.3. The number of likely N-dealkylation sites (N-methyl/N-ethyl adjacent to an activating group) is 1. The van der Waals surface area contributed by atoms with Crippen LogP contribution in [0.4, 0.5) is 30.5 Å². The first-order valence-corrected chi connectivity index (χ1v) is 14.3. The molecule has 1 unspecified atom stereocenters. The van der Waals surface area contributed by atoms with E-state index in [-0.39, 0.29) is 11.5 Å². The van der Waals surface area contributed by atoms with E-state index in [0.717, 1.165) is 47.4 Å². The highest BCUT2D eigenvalue weighted by molar-refractivity contribution is 6.04. The molecule has 2 aromatic carbocycles. The number of alkyl halides is 3. The van der Waals surface area contributed by atoms with Crippen LogP contribution in [0.3, 0.4) is 0 Å². The maximum Gasteiger partial charge on any atom is 0.416 e. The number of rotatable bonds is 7. The van der Waals surface area contributed by atoms with Crippen molar-refractivity contribution < 1.29 is 22.5 Å². The number of carbonyl (C=O) groups excluding carboxylic acids is 1. The minimum absolute atomic E-state index is 0.0446. The van der Waals surface area contributed by atoms with Crippen LogP contribution in [0.2, 0.25) is 0 Å². The van der Waals surface area contributed by atoms with Crippen molar-refractivity contribution in [2.24, 2.45) is 0 Å². The molecular formula is C33H30F3N7O2. The molecule has 4 heterocycles. The van der Waals surface area contributed by atoms with Gasteiger partial charge in [0.15, 0.2) is 5.76 Å². The SMILES string of the molecule is Cc1ccc(NC(=O)c2cc(C3CCN(C)C3)cc(C(F)(F)F)c2)cc1Nc1nccc(-c2cncc(-c3oncc3C)c2)n1. The molecule has 1 saturated heterocycles. The Hall–Kier alpha value is -5.10. The van der Waals surface area contributed by atoms with E-state index in [9.17, 15) is 18.0 Å². The molecule has 1 atom stereocenters. The molecule has 12 heteroatoms. The molecule has 0 radical (unpaired) electrons. The zero-order valence-corrected chi connectivity index (χ0v) is 24.8. The summed E-state index contributed by atoms with van der Waals surface area (Å²) in [5.41, 5.74) is 4.52. The van der Waals surface area contributed by atoms with Crippen LogP contribution in [0.5, 0.6) is 0 Å². The molecule has 230 valence electrons. The molecule has 2 N–H and O–H groups in total. The van der Waals surface area contributed by atoms with E-state index in [1.807, 2.05) is 27.0 Å². The number of benzene rings is 2. The molecule has 0 aliphatic carbocycles. The van der Waals surface area contributed by atoms with Crippen LogP contribution in [0, 0.1) is 13.8 Å². The Morgan fingerprint density at radius 3 is 2.56 bits per heavy atom. The van der Waals surface area contributed by atoms with Gasteiger partial charge in [-0.05, 0) is 93.4 Å². The third kappa shape index (κ3) is 6.70. The smallest absolute Gasteiger partial charge is 0.356 e. The van der Waals surface area contributed by atoms with Crippen LogP contribution in [0.15, 0.2) is 77.8 Å². The van der Waals surface area contributed by atoms with Gasteiger partial charge in [-0.2, -0.15) is 13.2 Å². The number of aromatic nitrogens is 4. The Labute approximate surface area is 257 Å². The van der Waals surface area contributed by atoms with Gasteiger partial charge >= 0.3 is 6.18 Å². The molecule has 6 rings (SSSR count). The molecule has 1 fully saturated rings. The normalized spacial score (nSPS) is 15.3. The van der Waals surface area contributed by atoms with Crippen molar-refractivity contribution in [2.75, 3.05) is 30.8 Å². The van der Waals surface area contributed by atoms with Gasteiger partial charge in [0, 0.05) is 58.8 Å². The van der Waals surface area contributed by atoms with Gasteiger partial charge in [0.1, 0.15) is 0 Å². The minimum Gasteiger partial charge on any atom is -0.356 e. The van der Waals surface area contributed by atoms with Gasteiger partial charge < -0.3 is 20.1 Å². The average Bonchev–Trinajstić information content (AvgIpc) is 3.66. The summed E-state index contributed by atoms with van der Waals surface area (Å²) in [6, 6.07) is 12.5. The lowest BCUT2D eigenvalue weighted by atomic mass is 9.94. The highest BCUT2D eigenvalue weighted by Crippen LogP contribution is 2.35. The second kappa shape index (κ2) is 12.1. The highest BCUT2D eigenvalue weighted by atomic mass is 19.4. The molecule has 45 heavy (non-hydrogen) atoms. The summed E-state index contributed by atoms with van der Waals surface area (Å²) < 4.78 is 46.7. The van der Waals surface area contributed by atoms with E-state index in [2.05, 4.69) is 35.6 Å². The number of anilines is 3. The van der Waals surface area contributed by atoms with E-state index in [1.165, 1.54) is 0 Å². The lowest BCUT2D eigenvalue weighted by Gasteiger charge is -2.17. The van der Waals surface area contributed by atoms with E-state index in [4.69, 9.17) is 4.52 Å². The van der Waals surface area contributed by atoms with Crippen molar-refractivity contribution in [3.05, 3.63) is 101 Å². The third-order valence-electron chi connectivity index (χ3n) is 7.85. The lowest BCUT2D eigenvalue weighted by molar-refractivity contribution is -0.137. The molecule has 5 aromatic rings. The van der Waals surface area contributed by atoms with Crippen molar-refractivity contribution in [1.29, 1.82) is 0 Å². The largest absolute Gasteiger partial charge is 0.416 e. The number of nitrogens with zero attached hydrogens (tertiary/aromatic N) is 5. The summed E-state index contributed by atoms with van der Waals surface area (Å²) in [5, 5.41) is 9.79. The summed E-state index contributed by atoms with van der Waals surface area (Å²) in [7, 11) is 1.93. The number of likely N-dealkylation sites (tertiary alicyclic amines) is 1. The van der Waals surface area contributed by atoms with Gasteiger partial charge in [-0.25, -0.2) is 9.97 Å². The van der Waals surface area contributed by atoms with Crippen molar-refractivity contribution >= 4 is 23.2 Å². The Balaban J connectivity index is 1.23. The molecule has 9 nitrogen and oxygen atoms in total. The van der Waals surface area contributed by atoms with E-state index in [1.54, 1.807) is 55.1 Å². The summed E-state index contributed by atoms with van der Waals surface area (Å²) in [6.07, 6.45) is 2.79. The number of pyridine rings is 1. The van der Waals surface area contributed by atoms with Crippen molar-refractivity contribution in [1.82, 2.24) is 25.0 Å². The standard InChI is InChI=1S/C33H30F3N7O2/c1-19-4-5-27(40-31(44)23-10-22(21-7-9-43(3)18-21)12-26(13-23)33(34,35)36)14-29(19)42-32-38-8-6-28(41-32)24-11-25(17-37-16-24)30-20(2)15-39-45-30/h4-6,8,10-17,21H,7,9,18H2,1-3H3,(H,40,44)(H,38,41,42). The fraction of sp³-hybridized carbons (Fsp3) is 0.242. The number of aryl methyl sites for hydroxylation is 2. The Morgan fingerprint density at radius 2 is 1.82 bits per heavy atom. The number of halogens is 3. The summed E-state index contributed by atoms with van der Waals surface area (Å²) in [6.45, 7) is 5.21. The van der Waals surface area contributed by atoms with Crippen molar-refractivity contribution in [3.8, 4) is 22.6 Å². The molecule has 0 bridgehead atoms. The fourth-order valence-electron chi connectivity index (χ4n) is 5.40. The fourth-order valence-corrected chi connectivity index (χ4v) is 5.40. The van der Waals surface area contributed by atoms with Crippen LogP contribution >= 0.6 is 0 Å². The van der Waals surface area contributed by atoms with Crippen LogP contribution in [0.25, 0.3) is 22.6 Å². The number of hydrogen-bond donors (Lipinski definition) is 2. The van der Waals surface area contributed by atoms with Crippen LogP contribution in [0.1, 0.15) is 45.0 Å². The predicted octanol–water partition coefficient (Wildman–Crippen LogP) is 7.24. The molecular weight excluding hydrogens is 583 g/mol. The predicted molar refractivity (Wildman–Crippen MR) is 164 cm³/mol. The molecule has 1 amide bonds. The minimum atomic E-state index is -4.57. The van der Waals surface area contributed by atoms with Crippen LogP contribution < -0.4 is 10.6 Å². The second-order valence-corrected chi connectivity index (χ2v) is 11.3. The maximum atomic E-state index is 13.8. The molecule has 0 spiro atoms. The van der Waals surface area contributed by atoms with Crippen molar-refractivity contribution in [3.63, 3.8) is 0 Å². The summed E-state index contributed by atoms with van der Waals surface area (Å²) in [4.78, 5) is 28.6. The number of hydrogen-bond acceptors (Lipinski definition) is 8. The first kappa shape index (κ1) is 29.9. The maximum absolute atomic E-state index is 13.8. The monoisotopic (exact) mass is 613 g/mol. The van der Waals surface area contributed by atoms with E-state index >= 15 is 0 Å². The first-order valence-electron chi connectivity index (χ1n) is 14.3. The van der Waals surface area contributed by atoms with Crippen LogP contribution in [-0.4, -0.2) is 51.1 Å². The Bertz CT molecular complexity index is 1870. The summed E-state index contributed by atoms with van der Waals surface area (Å²) in [5.74, 6) is 0.235. The van der Waals surface area contributed by atoms with Gasteiger partial charge in [0.25, 0.3) is 5.91 Å². The highest BCUT2D eigenvalue weighted by Gasteiger charge is 2.33. The molecule has 1 aliphatic heterocycles. The lowest BCUT2D eigenvalue weighted by Crippen LogP contribution is -2.17. The quantitative estimate of drug-likeness (QED) is 0.198. The number of carbonyl (C=O) groups is 1. The van der Waals surface area contributed by atoms with Crippen LogP contribution in [-0.2, 0) is 6.18 Å².